The monoisotopic (exact) mass is 261 g/mol. The van der Waals surface area contributed by atoms with Gasteiger partial charge in [-0.1, -0.05) is 0 Å². The number of fused-ring (bicyclic) bond motifs is 1. The van der Waals surface area contributed by atoms with Crippen LogP contribution in [0.15, 0.2) is 0 Å². The van der Waals surface area contributed by atoms with Gasteiger partial charge in [0.05, 0.1) is 11.8 Å². The van der Waals surface area contributed by atoms with E-state index in [-0.39, 0.29) is 29.4 Å². The van der Waals surface area contributed by atoms with Gasteiger partial charge in [0, 0.05) is 6.92 Å². The zero-order valence-corrected chi connectivity index (χ0v) is 11.3. The summed E-state index contributed by atoms with van der Waals surface area (Å²) >= 11 is 0. The van der Waals surface area contributed by atoms with Crippen molar-refractivity contribution in [2.45, 2.75) is 33.8 Å². The highest BCUT2D eigenvalue weighted by Crippen LogP contribution is 2.22. The summed E-state index contributed by atoms with van der Waals surface area (Å²) in [6, 6.07) is 0. The molecule has 2 N–H and O–H groups in total. The Morgan fingerprint density at radius 1 is 1.21 bits per heavy atom. The third-order valence-electron chi connectivity index (χ3n) is 2.37. The Labute approximate surface area is 110 Å². The van der Waals surface area contributed by atoms with E-state index in [1.807, 2.05) is 13.8 Å². The maximum absolute atomic E-state index is 11.5. The van der Waals surface area contributed by atoms with Gasteiger partial charge >= 0.3 is 0 Å². The van der Waals surface area contributed by atoms with Gasteiger partial charge in [0.1, 0.15) is 5.69 Å². The Bertz CT molecular complexity index is 654. The van der Waals surface area contributed by atoms with E-state index in [2.05, 4.69) is 19.9 Å². The molecule has 0 radical (unpaired) electrons. The second-order valence-corrected chi connectivity index (χ2v) is 4.44. The molecule has 0 unspecified atom stereocenters. The predicted octanol–water partition coefficient (Wildman–Crippen LogP) is 1.30. The average Bonchev–Trinajstić information content (AvgIpc) is 2.26. The number of nitrogen functional groups attached to an aromatic ring is 1. The minimum atomic E-state index is -0.167. The number of carbonyl (C=O) groups is 1. The van der Waals surface area contributed by atoms with E-state index in [0.29, 0.717) is 16.9 Å². The first-order chi connectivity index (χ1) is 8.88. The second kappa shape index (κ2) is 4.75. The van der Waals surface area contributed by atoms with Crippen LogP contribution in [0.3, 0.4) is 0 Å². The topological polar surface area (TPSA) is 104 Å². The number of aryl methyl sites for hydroxylation is 1. The van der Waals surface area contributed by atoms with Crippen molar-refractivity contribution < 1.29 is 9.53 Å². The smallest absolute Gasteiger partial charge is 0.247 e. The van der Waals surface area contributed by atoms with Gasteiger partial charge in [-0.2, -0.15) is 9.97 Å². The number of nitrogens with two attached hydrogens (primary N) is 1. The first-order valence-corrected chi connectivity index (χ1v) is 5.88. The van der Waals surface area contributed by atoms with Crippen LogP contribution in [0.25, 0.3) is 11.2 Å². The average molecular weight is 261 g/mol. The van der Waals surface area contributed by atoms with Crippen molar-refractivity contribution in [3.63, 3.8) is 0 Å². The molecule has 0 atom stereocenters. The maximum atomic E-state index is 11.5. The Balaban J connectivity index is 2.73. The number of ketones is 1. The van der Waals surface area contributed by atoms with Crippen LogP contribution in [0.5, 0.6) is 5.88 Å². The van der Waals surface area contributed by atoms with Crippen LogP contribution in [-0.4, -0.2) is 31.8 Å². The van der Waals surface area contributed by atoms with Crippen LogP contribution in [0.1, 0.15) is 37.0 Å². The van der Waals surface area contributed by atoms with Crippen LogP contribution < -0.4 is 10.5 Å². The summed E-state index contributed by atoms with van der Waals surface area (Å²) in [5, 5.41) is 0. The third-order valence-corrected chi connectivity index (χ3v) is 2.37. The van der Waals surface area contributed by atoms with Crippen molar-refractivity contribution in [3.8, 4) is 5.88 Å². The minimum Gasteiger partial charge on any atom is -0.473 e. The fourth-order valence-electron chi connectivity index (χ4n) is 1.66. The highest BCUT2D eigenvalue weighted by Gasteiger charge is 2.16. The van der Waals surface area contributed by atoms with E-state index in [0.717, 1.165) is 0 Å². The van der Waals surface area contributed by atoms with Crippen LogP contribution in [0, 0.1) is 6.92 Å². The molecule has 2 heterocycles. The molecule has 0 saturated heterocycles. The van der Waals surface area contributed by atoms with E-state index in [9.17, 15) is 4.79 Å². The zero-order valence-electron chi connectivity index (χ0n) is 11.3. The lowest BCUT2D eigenvalue weighted by Crippen LogP contribution is -2.12. The maximum Gasteiger partial charge on any atom is 0.247 e. The molecule has 0 fully saturated rings. The first kappa shape index (κ1) is 13.1. The van der Waals surface area contributed by atoms with Gasteiger partial charge in [-0.05, 0) is 20.8 Å². The molecule has 7 nitrogen and oxygen atoms in total. The summed E-state index contributed by atoms with van der Waals surface area (Å²) in [4.78, 5) is 28.0. The lowest BCUT2D eigenvalue weighted by Gasteiger charge is -2.11. The minimum absolute atomic E-state index is 0.0624. The molecular formula is C12H15N5O2. The lowest BCUT2D eigenvalue weighted by atomic mass is 10.2. The van der Waals surface area contributed by atoms with Gasteiger partial charge < -0.3 is 10.5 Å². The number of rotatable bonds is 3. The Kier molecular flexibility index (Phi) is 3.28. The molecule has 2 rings (SSSR count). The number of aromatic nitrogens is 4. The zero-order chi connectivity index (χ0) is 14.2. The summed E-state index contributed by atoms with van der Waals surface area (Å²) in [6.07, 6.45) is -0.0959. The van der Waals surface area contributed by atoms with Crippen LogP contribution in [-0.2, 0) is 0 Å². The van der Waals surface area contributed by atoms with E-state index in [1.165, 1.54) is 6.92 Å². The first-order valence-electron chi connectivity index (χ1n) is 5.88. The molecule has 0 bridgehead atoms. The van der Waals surface area contributed by atoms with E-state index >= 15 is 0 Å². The fraction of sp³-hybridized carbons (Fsp3) is 0.417. The van der Waals surface area contributed by atoms with Gasteiger partial charge in [-0.15, -0.1) is 0 Å². The SMILES string of the molecule is CC(=O)c1nc2c(OC(C)C)nc(N)nc2nc1C. The van der Waals surface area contributed by atoms with Gasteiger partial charge in [0.2, 0.25) is 11.8 Å². The summed E-state index contributed by atoms with van der Waals surface area (Å²) < 4.78 is 5.54. The van der Waals surface area contributed by atoms with Gasteiger partial charge in [0.15, 0.2) is 16.9 Å². The highest BCUT2D eigenvalue weighted by molar-refractivity contribution is 5.95. The molecule has 0 aromatic carbocycles. The fourth-order valence-corrected chi connectivity index (χ4v) is 1.66. The molecule has 0 aliphatic rings. The number of Topliss-reactive ketones (excluding diaryl/α,β-unsaturated/α-hetero) is 1. The molecule has 7 heteroatoms. The molecule has 0 spiro atoms. The Morgan fingerprint density at radius 2 is 1.89 bits per heavy atom. The summed E-state index contributed by atoms with van der Waals surface area (Å²) in [5.74, 6) is 0.138. The van der Waals surface area contributed by atoms with E-state index < -0.39 is 0 Å². The summed E-state index contributed by atoms with van der Waals surface area (Å²) in [7, 11) is 0. The molecule has 0 aliphatic carbocycles. The van der Waals surface area contributed by atoms with Gasteiger partial charge in [-0.25, -0.2) is 9.97 Å². The molecule has 0 amide bonds. The molecule has 100 valence electrons. The van der Waals surface area contributed by atoms with E-state index in [1.54, 1.807) is 6.92 Å². The largest absolute Gasteiger partial charge is 0.473 e. The van der Waals surface area contributed by atoms with Crippen LogP contribution >= 0.6 is 0 Å². The summed E-state index contributed by atoms with van der Waals surface area (Å²) in [6.45, 7) is 6.85. The molecule has 0 aliphatic heterocycles. The molecular weight excluding hydrogens is 246 g/mol. The van der Waals surface area contributed by atoms with Crippen molar-refractivity contribution in [2.24, 2.45) is 0 Å². The van der Waals surface area contributed by atoms with Crippen molar-refractivity contribution in [2.75, 3.05) is 5.73 Å². The second-order valence-electron chi connectivity index (χ2n) is 4.44. The van der Waals surface area contributed by atoms with Crippen molar-refractivity contribution >= 4 is 22.9 Å². The Morgan fingerprint density at radius 3 is 2.47 bits per heavy atom. The molecule has 2 aromatic rings. The number of carbonyl (C=O) groups excluding carboxylic acids is 1. The van der Waals surface area contributed by atoms with Crippen molar-refractivity contribution in [3.05, 3.63) is 11.4 Å². The van der Waals surface area contributed by atoms with Crippen molar-refractivity contribution in [1.82, 2.24) is 19.9 Å². The highest BCUT2D eigenvalue weighted by atomic mass is 16.5. The summed E-state index contributed by atoms with van der Waals surface area (Å²) in [5.41, 5.74) is 7.08. The number of hydrogen-bond donors (Lipinski definition) is 1. The molecule has 0 saturated carbocycles. The predicted molar refractivity (Wildman–Crippen MR) is 70.0 cm³/mol. The quantitative estimate of drug-likeness (QED) is 0.830. The third kappa shape index (κ3) is 2.59. The van der Waals surface area contributed by atoms with Gasteiger partial charge in [0.25, 0.3) is 0 Å². The number of anilines is 1. The normalized spacial score (nSPS) is 11.0. The van der Waals surface area contributed by atoms with Crippen LogP contribution in [0.4, 0.5) is 5.95 Å². The Hall–Kier alpha value is -2.31. The standard InChI is InChI=1S/C12H15N5O2/c1-5(2)19-11-9-10(16-12(13)17-11)14-6(3)8(15-9)7(4)18/h5H,1-4H3,(H2,13,14,16,17). The van der Waals surface area contributed by atoms with Gasteiger partial charge in [-0.3, -0.25) is 4.79 Å². The lowest BCUT2D eigenvalue weighted by molar-refractivity contribution is 0.101. The van der Waals surface area contributed by atoms with Crippen LogP contribution in [0.2, 0.25) is 0 Å². The molecule has 19 heavy (non-hydrogen) atoms. The molecule has 2 aromatic heterocycles. The number of ether oxygens (including phenoxy) is 1. The number of nitrogens with zero attached hydrogens (tertiary/aromatic N) is 4. The van der Waals surface area contributed by atoms with Crippen molar-refractivity contribution in [1.29, 1.82) is 0 Å². The van der Waals surface area contributed by atoms with E-state index in [4.69, 9.17) is 10.5 Å². The number of hydrogen-bond acceptors (Lipinski definition) is 7.